The number of nitrogens with zero attached hydrogens (tertiary/aromatic N) is 1. The predicted molar refractivity (Wildman–Crippen MR) is 73.7 cm³/mol. The van der Waals surface area contributed by atoms with E-state index in [9.17, 15) is 0 Å². The number of methoxy groups -OCH3 is 1. The van der Waals surface area contributed by atoms with E-state index in [-0.39, 0.29) is 0 Å². The number of nitrogen functional groups attached to an aromatic ring is 1. The van der Waals surface area contributed by atoms with Gasteiger partial charge in [0, 0.05) is 30.2 Å². The Morgan fingerprint density at radius 1 is 1.28 bits per heavy atom. The molecular weight excluding hydrogens is 226 g/mol. The molecule has 2 rings (SSSR count). The number of aromatic nitrogens is 1. The maximum atomic E-state index is 5.86. The molecule has 3 N–H and O–H groups in total. The first-order valence-electron chi connectivity index (χ1n) is 5.78. The van der Waals surface area contributed by atoms with Crippen molar-refractivity contribution in [1.29, 1.82) is 0 Å². The van der Waals surface area contributed by atoms with Gasteiger partial charge in [0.05, 0.1) is 7.11 Å². The van der Waals surface area contributed by atoms with E-state index in [4.69, 9.17) is 10.5 Å². The van der Waals surface area contributed by atoms with Crippen LogP contribution in [0.1, 0.15) is 11.1 Å². The number of anilines is 2. The third kappa shape index (κ3) is 2.91. The Hall–Kier alpha value is -2.23. The highest BCUT2D eigenvalue weighted by Crippen LogP contribution is 2.17. The van der Waals surface area contributed by atoms with E-state index < -0.39 is 0 Å². The first-order chi connectivity index (χ1) is 8.69. The van der Waals surface area contributed by atoms with Crippen molar-refractivity contribution < 1.29 is 4.74 Å². The summed E-state index contributed by atoms with van der Waals surface area (Å²) in [6, 6.07) is 9.79. The fourth-order valence-corrected chi connectivity index (χ4v) is 1.59. The van der Waals surface area contributed by atoms with Crippen molar-refractivity contribution >= 4 is 11.4 Å². The number of benzene rings is 1. The summed E-state index contributed by atoms with van der Waals surface area (Å²) >= 11 is 0. The molecule has 0 amide bonds. The summed E-state index contributed by atoms with van der Waals surface area (Å²) in [6.45, 7) is 2.70. The molecule has 0 fully saturated rings. The van der Waals surface area contributed by atoms with Crippen molar-refractivity contribution in [3.63, 3.8) is 0 Å². The second kappa shape index (κ2) is 5.40. The fourth-order valence-electron chi connectivity index (χ4n) is 1.59. The summed E-state index contributed by atoms with van der Waals surface area (Å²) in [6.07, 6.45) is 1.80. The molecule has 4 heteroatoms. The molecule has 0 saturated carbocycles. The zero-order chi connectivity index (χ0) is 13.0. The summed E-state index contributed by atoms with van der Waals surface area (Å²) in [5, 5.41) is 3.31. The summed E-state index contributed by atoms with van der Waals surface area (Å²) in [5.74, 6) is 0.623. The van der Waals surface area contributed by atoms with Crippen LogP contribution < -0.4 is 15.8 Å². The predicted octanol–water partition coefficient (Wildman–Crippen LogP) is 2.59. The van der Waals surface area contributed by atoms with E-state index in [2.05, 4.69) is 10.3 Å². The summed E-state index contributed by atoms with van der Waals surface area (Å²) in [5.41, 5.74) is 9.85. The molecule has 0 spiro atoms. The monoisotopic (exact) mass is 243 g/mol. The molecule has 2 aromatic rings. The Morgan fingerprint density at radius 2 is 2.11 bits per heavy atom. The summed E-state index contributed by atoms with van der Waals surface area (Å²) in [7, 11) is 1.61. The van der Waals surface area contributed by atoms with Crippen LogP contribution in [0.5, 0.6) is 5.88 Å². The molecular formula is C14H17N3O. The molecule has 0 bridgehead atoms. The van der Waals surface area contributed by atoms with Crippen LogP contribution in [0.3, 0.4) is 0 Å². The van der Waals surface area contributed by atoms with Crippen LogP contribution in [0.2, 0.25) is 0 Å². The van der Waals surface area contributed by atoms with E-state index >= 15 is 0 Å². The van der Waals surface area contributed by atoms with Gasteiger partial charge in [-0.2, -0.15) is 0 Å². The highest BCUT2D eigenvalue weighted by atomic mass is 16.5. The summed E-state index contributed by atoms with van der Waals surface area (Å²) < 4.78 is 5.01. The van der Waals surface area contributed by atoms with Crippen LogP contribution in [0, 0.1) is 6.92 Å². The molecule has 18 heavy (non-hydrogen) atoms. The number of hydrogen-bond acceptors (Lipinski definition) is 4. The third-order valence-electron chi connectivity index (χ3n) is 2.78. The Labute approximate surface area is 107 Å². The molecule has 0 aliphatic heterocycles. The van der Waals surface area contributed by atoms with Gasteiger partial charge in [-0.05, 0) is 30.2 Å². The number of aryl methyl sites for hydroxylation is 1. The molecule has 0 saturated heterocycles. The lowest BCUT2D eigenvalue weighted by Crippen LogP contribution is -2.01. The van der Waals surface area contributed by atoms with Gasteiger partial charge in [-0.25, -0.2) is 4.98 Å². The minimum Gasteiger partial charge on any atom is -0.481 e. The van der Waals surface area contributed by atoms with Crippen LogP contribution in [-0.2, 0) is 6.54 Å². The molecule has 94 valence electrons. The van der Waals surface area contributed by atoms with Gasteiger partial charge in [-0.1, -0.05) is 12.1 Å². The molecule has 1 aromatic heterocycles. The van der Waals surface area contributed by atoms with Crippen LogP contribution in [0.4, 0.5) is 11.4 Å². The van der Waals surface area contributed by atoms with E-state index in [1.807, 2.05) is 37.3 Å². The van der Waals surface area contributed by atoms with Gasteiger partial charge in [0.25, 0.3) is 0 Å². The molecule has 0 radical (unpaired) electrons. The zero-order valence-corrected chi connectivity index (χ0v) is 10.6. The number of hydrogen-bond donors (Lipinski definition) is 2. The lowest BCUT2D eigenvalue weighted by atomic mass is 10.2. The highest BCUT2D eigenvalue weighted by Gasteiger charge is 1.98. The van der Waals surface area contributed by atoms with Crippen molar-refractivity contribution in [1.82, 2.24) is 4.98 Å². The maximum absolute atomic E-state index is 5.86. The number of pyridine rings is 1. The molecule has 1 aromatic carbocycles. The minimum atomic E-state index is 0.623. The Morgan fingerprint density at radius 3 is 2.72 bits per heavy atom. The van der Waals surface area contributed by atoms with Crippen molar-refractivity contribution in [2.75, 3.05) is 18.2 Å². The van der Waals surface area contributed by atoms with Crippen LogP contribution in [0.25, 0.3) is 0 Å². The second-order valence-electron chi connectivity index (χ2n) is 4.13. The van der Waals surface area contributed by atoms with Gasteiger partial charge in [-0.3, -0.25) is 0 Å². The minimum absolute atomic E-state index is 0.623. The topological polar surface area (TPSA) is 60.2 Å². The van der Waals surface area contributed by atoms with Crippen molar-refractivity contribution in [2.45, 2.75) is 13.5 Å². The average molecular weight is 243 g/mol. The molecule has 1 heterocycles. The summed E-state index contributed by atoms with van der Waals surface area (Å²) in [4.78, 5) is 4.15. The number of nitrogens with one attached hydrogen (secondary N) is 1. The third-order valence-corrected chi connectivity index (χ3v) is 2.78. The van der Waals surface area contributed by atoms with Gasteiger partial charge >= 0.3 is 0 Å². The Kier molecular flexibility index (Phi) is 3.67. The number of ether oxygens (including phenoxy) is 1. The van der Waals surface area contributed by atoms with E-state index in [1.165, 1.54) is 0 Å². The van der Waals surface area contributed by atoms with Gasteiger partial charge in [0.1, 0.15) is 0 Å². The zero-order valence-electron chi connectivity index (χ0n) is 10.6. The lowest BCUT2D eigenvalue weighted by Gasteiger charge is -2.08. The van der Waals surface area contributed by atoms with Gasteiger partial charge < -0.3 is 15.8 Å². The van der Waals surface area contributed by atoms with Gasteiger partial charge in [0.2, 0.25) is 5.88 Å². The first-order valence-corrected chi connectivity index (χ1v) is 5.78. The van der Waals surface area contributed by atoms with E-state index in [0.717, 1.165) is 22.5 Å². The molecule has 0 unspecified atom stereocenters. The SMILES string of the molecule is COc1ccc(CNc2ccc(C)c(N)c2)cn1. The second-order valence-corrected chi connectivity index (χ2v) is 4.13. The highest BCUT2D eigenvalue weighted by molar-refractivity contribution is 5.58. The number of rotatable bonds is 4. The van der Waals surface area contributed by atoms with E-state index in [1.54, 1.807) is 13.3 Å². The van der Waals surface area contributed by atoms with Crippen molar-refractivity contribution in [2.24, 2.45) is 0 Å². The van der Waals surface area contributed by atoms with E-state index in [0.29, 0.717) is 12.4 Å². The Bertz CT molecular complexity index is 523. The molecule has 0 atom stereocenters. The molecule has 0 aliphatic rings. The smallest absolute Gasteiger partial charge is 0.212 e. The van der Waals surface area contributed by atoms with Gasteiger partial charge in [-0.15, -0.1) is 0 Å². The first kappa shape index (κ1) is 12.2. The van der Waals surface area contributed by atoms with Crippen LogP contribution >= 0.6 is 0 Å². The van der Waals surface area contributed by atoms with Crippen LogP contribution in [0.15, 0.2) is 36.5 Å². The Balaban J connectivity index is 1.99. The quantitative estimate of drug-likeness (QED) is 0.810. The van der Waals surface area contributed by atoms with Crippen molar-refractivity contribution in [3.8, 4) is 5.88 Å². The number of nitrogens with two attached hydrogens (primary N) is 1. The lowest BCUT2D eigenvalue weighted by molar-refractivity contribution is 0.397. The molecule has 4 nitrogen and oxygen atoms in total. The van der Waals surface area contributed by atoms with Crippen molar-refractivity contribution in [3.05, 3.63) is 47.7 Å². The normalized spacial score (nSPS) is 10.1. The molecule has 0 aliphatic carbocycles. The maximum Gasteiger partial charge on any atom is 0.212 e. The van der Waals surface area contributed by atoms with Gasteiger partial charge in [0.15, 0.2) is 0 Å². The largest absolute Gasteiger partial charge is 0.481 e. The standard InChI is InChI=1S/C14H17N3O/c1-10-3-5-12(7-13(10)15)16-8-11-4-6-14(18-2)17-9-11/h3-7,9,16H,8,15H2,1-2H3. The fraction of sp³-hybridized carbons (Fsp3) is 0.214. The van der Waals surface area contributed by atoms with Crippen LogP contribution in [-0.4, -0.2) is 12.1 Å². The average Bonchev–Trinajstić information content (AvgIpc) is 2.41.